The summed E-state index contributed by atoms with van der Waals surface area (Å²) in [4.78, 5) is 0.320. The van der Waals surface area contributed by atoms with Crippen molar-refractivity contribution in [1.29, 1.82) is 0 Å². The van der Waals surface area contributed by atoms with Crippen LogP contribution in [0.15, 0.2) is 23.1 Å². The number of hydrogen-bond acceptors (Lipinski definition) is 3. The maximum Gasteiger partial charge on any atom is 0.240 e. The Bertz CT molecular complexity index is 481. The van der Waals surface area contributed by atoms with Crippen LogP contribution < -0.4 is 10.5 Å². The second-order valence-corrected chi connectivity index (χ2v) is 6.23. The van der Waals surface area contributed by atoms with E-state index >= 15 is 0 Å². The molecule has 3 N–H and O–H groups in total. The molecule has 0 spiro atoms. The number of rotatable bonds is 5. The van der Waals surface area contributed by atoms with Gasteiger partial charge in [-0.1, -0.05) is 26.0 Å². The molecular formula is C12H20N2O2S. The summed E-state index contributed by atoms with van der Waals surface area (Å²) in [6.45, 7) is 6.50. The number of sulfonamides is 1. The fraction of sp³-hybridized carbons (Fsp3) is 0.500. The normalized spacial score (nSPS) is 12.1. The Morgan fingerprint density at radius 1 is 1.35 bits per heavy atom. The van der Waals surface area contributed by atoms with E-state index in [1.807, 2.05) is 19.9 Å². The monoisotopic (exact) mass is 256 g/mol. The lowest BCUT2D eigenvalue weighted by Crippen LogP contribution is -2.28. The summed E-state index contributed by atoms with van der Waals surface area (Å²) >= 11 is 0. The van der Waals surface area contributed by atoms with Gasteiger partial charge in [-0.15, -0.1) is 0 Å². The summed E-state index contributed by atoms with van der Waals surface area (Å²) in [5.74, 6) is 0.280. The highest BCUT2D eigenvalue weighted by Crippen LogP contribution is 2.18. The van der Waals surface area contributed by atoms with Crippen LogP contribution in [0.5, 0.6) is 0 Å². The van der Waals surface area contributed by atoms with E-state index in [9.17, 15) is 8.42 Å². The minimum Gasteiger partial charge on any atom is -0.326 e. The molecule has 0 aliphatic heterocycles. The zero-order valence-corrected chi connectivity index (χ0v) is 11.3. The Morgan fingerprint density at radius 2 is 2.00 bits per heavy atom. The Balaban J connectivity index is 3.07. The van der Waals surface area contributed by atoms with Gasteiger partial charge in [-0.3, -0.25) is 0 Å². The summed E-state index contributed by atoms with van der Waals surface area (Å²) in [6, 6.07) is 5.17. The molecule has 0 aliphatic carbocycles. The smallest absolute Gasteiger partial charge is 0.240 e. The van der Waals surface area contributed by atoms with Crippen molar-refractivity contribution in [3.05, 3.63) is 29.3 Å². The highest BCUT2D eigenvalue weighted by atomic mass is 32.2. The number of nitrogens with one attached hydrogen (secondary N) is 1. The zero-order valence-electron chi connectivity index (χ0n) is 10.5. The standard InChI is InChI=1S/C12H20N2O2S/c1-9(2)8-14-17(15,16)12-6-4-5-11(7-13)10(12)3/h4-6,9,14H,7-8,13H2,1-3H3. The first kappa shape index (κ1) is 14.2. The average Bonchev–Trinajstić information content (AvgIpc) is 2.26. The molecule has 1 aromatic carbocycles. The summed E-state index contributed by atoms with van der Waals surface area (Å²) in [6.07, 6.45) is 0. The minimum atomic E-state index is -3.42. The highest BCUT2D eigenvalue weighted by Gasteiger charge is 2.17. The topological polar surface area (TPSA) is 72.2 Å². The molecule has 0 heterocycles. The lowest BCUT2D eigenvalue weighted by atomic mass is 10.1. The van der Waals surface area contributed by atoms with Gasteiger partial charge in [-0.05, 0) is 30.0 Å². The van der Waals surface area contributed by atoms with E-state index in [1.165, 1.54) is 0 Å². The van der Waals surface area contributed by atoms with Gasteiger partial charge in [0.2, 0.25) is 10.0 Å². The molecule has 1 rings (SSSR count). The summed E-state index contributed by atoms with van der Waals surface area (Å²) in [5.41, 5.74) is 7.16. The van der Waals surface area contributed by atoms with Crippen molar-refractivity contribution in [3.8, 4) is 0 Å². The second-order valence-electron chi connectivity index (χ2n) is 4.49. The largest absolute Gasteiger partial charge is 0.326 e. The maximum absolute atomic E-state index is 12.1. The van der Waals surface area contributed by atoms with Crippen molar-refractivity contribution in [2.24, 2.45) is 11.7 Å². The van der Waals surface area contributed by atoms with Crippen LogP contribution in [0.3, 0.4) is 0 Å². The SMILES string of the molecule is Cc1c(CN)cccc1S(=O)(=O)NCC(C)C. The third-order valence-electron chi connectivity index (χ3n) is 2.59. The summed E-state index contributed by atoms with van der Waals surface area (Å²) in [5, 5.41) is 0. The third kappa shape index (κ3) is 3.52. The summed E-state index contributed by atoms with van der Waals surface area (Å²) in [7, 11) is -3.42. The van der Waals surface area contributed by atoms with Crippen molar-refractivity contribution in [2.75, 3.05) is 6.54 Å². The third-order valence-corrected chi connectivity index (χ3v) is 4.16. The Labute approximate surface area is 103 Å². The molecule has 0 aromatic heterocycles. The van der Waals surface area contributed by atoms with Crippen molar-refractivity contribution < 1.29 is 8.42 Å². The Morgan fingerprint density at radius 3 is 2.53 bits per heavy atom. The van der Waals surface area contributed by atoms with Crippen LogP contribution >= 0.6 is 0 Å². The van der Waals surface area contributed by atoms with E-state index in [0.717, 1.165) is 11.1 Å². The van der Waals surface area contributed by atoms with E-state index in [0.29, 0.717) is 18.0 Å². The Kier molecular flexibility index (Phi) is 4.68. The van der Waals surface area contributed by atoms with Crippen LogP contribution in [0.25, 0.3) is 0 Å². The van der Waals surface area contributed by atoms with Crippen LogP contribution in [-0.2, 0) is 16.6 Å². The molecule has 4 nitrogen and oxygen atoms in total. The van der Waals surface area contributed by atoms with Gasteiger partial charge in [0, 0.05) is 13.1 Å². The lowest BCUT2D eigenvalue weighted by molar-refractivity contribution is 0.559. The molecule has 0 saturated heterocycles. The molecule has 0 atom stereocenters. The fourth-order valence-corrected chi connectivity index (χ4v) is 3.03. The number of nitrogens with two attached hydrogens (primary N) is 1. The van der Waals surface area contributed by atoms with Crippen molar-refractivity contribution in [1.82, 2.24) is 4.72 Å². The van der Waals surface area contributed by atoms with E-state index in [4.69, 9.17) is 5.73 Å². The van der Waals surface area contributed by atoms with Crippen molar-refractivity contribution in [3.63, 3.8) is 0 Å². The molecule has 5 heteroatoms. The van der Waals surface area contributed by atoms with Gasteiger partial charge < -0.3 is 5.73 Å². The first-order valence-corrected chi connectivity index (χ1v) is 7.15. The van der Waals surface area contributed by atoms with Crippen LogP contribution in [-0.4, -0.2) is 15.0 Å². The molecule has 17 heavy (non-hydrogen) atoms. The lowest BCUT2D eigenvalue weighted by Gasteiger charge is -2.12. The summed E-state index contributed by atoms with van der Waals surface area (Å²) < 4.78 is 26.7. The molecule has 0 amide bonds. The quantitative estimate of drug-likeness (QED) is 0.836. The van der Waals surface area contributed by atoms with Gasteiger partial charge in [-0.2, -0.15) is 0 Å². The van der Waals surface area contributed by atoms with Gasteiger partial charge in [0.25, 0.3) is 0 Å². The molecule has 0 bridgehead atoms. The van der Waals surface area contributed by atoms with Crippen LogP contribution in [0.4, 0.5) is 0 Å². The molecular weight excluding hydrogens is 236 g/mol. The minimum absolute atomic E-state index is 0.280. The first-order valence-electron chi connectivity index (χ1n) is 5.66. The number of hydrogen-bond donors (Lipinski definition) is 2. The molecule has 0 radical (unpaired) electrons. The predicted octanol–water partition coefficient (Wildman–Crippen LogP) is 1.39. The van der Waals surface area contributed by atoms with E-state index < -0.39 is 10.0 Å². The highest BCUT2D eigenvalue weighted by molar-refractivity contribution is 7.89. The molecule has 96 valence electrons. The fourth-order valence-electron chi connectivity index (χ4n) is 1.53. The van der Waals surface area contributed by atoms with Crippen LogP contribution in [0.2, 0.25) is 0 Å². The van der Waals surface area contributed by atoms with Gasteiger partial charge >= 0.3 is 0 Å². The van der Waals surface area contributed by atoms with Gasteiger partial charge in [0.1, 0.15) is 0 Å². The second kappa shape index (κ2) is 5.62. The first-order chi connectivity index (χ1) is 7.88. The van der Waals surface area contributed by atoms with Gasteiger partial charge in [0.05, 0.1) is 4.90 Å². The van der Waals surface area contributed by atoms with Crippen molar-refractivity contribution in [2.45, 2.75) is 32.2 Å². The predicted molar refractivity (Wildman–Crippen MR) is 69.1 cm³/mol. The molecule has 0 aliphatic rings. The number of benzene rings is 1. The Hall–Kier alpha value is -0.910. The van der Waals surface area contributed by atoms with Gasteiger partial charge in [-0.25, -0.2) is 13.1 Å². The average molecular weight is 256 g/mol. The molecule has 0 saturated carbocycles. The molecule has 1 aromatic rings. The van der Waals surface area contributed by atoms with E-state index in [1.54, 1.807) is 19.1 Å². The zero-order chi connectivity index (χ0) is 13.1. The molecule has 0 fully saturated rings. The van der Waals surface area contributed by atoms with Crippen LogP contribution in [0.1, 0.15) is 25.0 Å². The van der Waals surface area contributed by atoms with Gasteiger partial charge in [0.15, 0.2) is 0 Å². The molecule has 0 unspecified atom stereocenters. The van der Waals surface area contributed by atoms with Crippen LogP contribution in [0, 0.1) is 12.8 Å². The maximum atomic E-state index is 12.1. The van der Waals surface area contributed by atoms with E-state index in [-0.39, 0.29) is 5.92 Å². The van der Waals surface area contributed by atoms with E-state index in [2.05, 4.69) is 4.72 Å². The van der Waals surface area contributed by atoms with Crippen molar-refractivity contribution >= 4 is 10.0 Å².